The van der Waals surface area contributed by atoms with Crippen LogP contribution in [0.4, 0.5) is 0 Å². The zero-order chi connectivity index (χ0) is 19.4. The van der Waals surface area contributed by atoms with Crippen LogP contribution < -0.4 is 14.8 Å². The van der Waals surface area contributed by atoms with Crippen molar-refractivity contribution in [1.29, 1.82) is 0 Å². The number of hydrogen-bond donors (Lipinski definition) is 1. The maximum absolute atomic E-state index is 12.6. The number of pyridine rings is 1. The molecule has 1 aromatic heterocycles. The Morgan fingerprint density at radius 1 is 1.41 bits per heavy atom. The molecule has 2 aromatic rings. The number of nitrogens with zero attached hydrogens (tertiary/aromatic N) is 2. The molecule has 1 aliphatic heterocycles. The minimum Gasteiger partial charge on any atom is -0.497 e. The van der Waals surface area contributed by atoms with Gasteiger partial charge in [-0.05, 0) is 44.7 Å². The highest BCUT2D eigenvalue weighted by atomic mass is 16.5. The second-order valence-electron chi connectivity index (χ2n) is 7.62. The number of aromatic nitrogens is 1. The molecule has 0 aliphatic carbocycles. The van der Waals surface area contributed by atoms with Gasteiger partial charge in [0.2, 0.25) is 5.91 Å². The summed E-state index contributed by atoms with van der Waals surface area (Å²) in [5.41, 5.74) is 1.70. The average molecular weight is 369 g/mol. The smallest absolute Gasteiger partial charge is 0.234 e. The van der Waals surface area contributed by atoms with Crippen LogP contribution in [-0.4, -0.2) is 42.1 Å². The van der Waals surface area contributed by atoms with Crippen LogP contribution in [0, 0.1) is 0 Å². The van der Waals surface area contributed by atoms with Gasteiger partial charge in [-0.3, -0.25) is 14.7 Å². The third-order valence-electron chi connectivity index (χ3n) is 4.60. The van der Waals surface area contributed by atoms with Crippen LogP contribution in [0.2, 0.25) is 0 Å². The number of fused-ring (bicyclic) bond motifs is 1. The standard InChI is InChI=1S/C21H27N3O3/c1-21(2)11-18(17-8-7-16(26-4)10-19(17)27-21)23-20(25)14-24(3)13-15-6-5-9-22-12-15/h5-10,12,18H,11,13-14H2,1-4H3,(H,23,25)/t18-/m0/s1. The first-order chi connectivity index (χ1) is 12.9. The molecule has 0 fully saturated rings. The third-order valence-corrected chi connectivity index (χ3v) is 4.60. The Labute approximate surface area is 160 Å². The Bertz CT molecular complexity index is 793. The Kier molecular flexibility index (Phi) is 5.65. The molecule has 6 heteroatoms. The van der Waals surface area contributed by atoms with Crippen molar-refractivity contribution in [2.24, 2.45) is 0 Å². The van der Waals surface area contributed by atoms with Gasteiger partial charge in [-0.2, -0.15) is 0 Å². The van der Waals surface area contributed by atoms with E-state index in [2.05, 4.69) is 10.3 Å². The van der Waals surface area contributed by atoms with Crippen LogP contribution in [0.15, 0.2) is 42.7 Å². The number of carbonyl (C=O) groups is 1. The maximum Gasteiger partial charge on any atom is 0.234 e. The van der Waals surface area contributed by atoms with Gasteiger partial charge in [0, 0.05) is 37.0 Å². The number of benzene rings is 1. The van der Waals surface area contributed by atoms with Gasteiger partial charge in [-0.1, -0.05) is 6.07 Å². The average Bonchev–Trinajstić information content (AvgIpc) is 2.60. The van der Waals surface area contributed by atoms with Crippen molar-refractivity contribution >= 4 is 5.91 Å². The number of likely N-dealkylation sites (N-methyl/N-ethyl adjacent to an activating group) is 1. The van der Waals surface area contributed by atoms with E-state index in [-0.39, 0.29) is 17.6 Å². The molecule has 1 atom stereocenters. The quantitative estimate of drug-likeness (QED) is 0.848. The molecule has 3 rings (SSSR count). The van der Waals surface area contributed by atoms with Crippen LogP contribution in [0.3, 0.4) is 0 Å². The van der Waals surface area contributed by atoms with E-state index in [0.717, 1.165) is 22.6 Å². The molecule has 6 nitrogen and oxygen atoms in total. The van der Waals surface area contributed by atoms with Gasteiger partial charge in [0.15, 0.2) is 0 Å². The van der Waals surface area contributed by atoms with E-state index in [1.807, 2.05) is 62.3 Å². The summed E-state index contributed by atoms with van der Waals surface area (Å²) in [7, 11) is 3.56. The topological polar surface area (TPSA) is 63.7 Å². The van der Waals surface area contributed by atoms with Crippen molar-refractivity contribution in [3.63, 3.8) is 0 Å². The summed E-state index contributed by atoms with van der Waals surface area (Å²) >= 11 is 0. The Balaban J connectivity index is 1.66. The van der Waals surface area contributed by atoms with Gasteiger partial charge in [-0.15, -0.1) is 0 Å². The van der Waals surface area contributed by atoms with Crippen molar-refractivity contribution in [3.05, 3.63) is 53.9 Å². The monoisotopic (exact) mass is 369 g/mol. The van der Waals surface area contributed by atoms with Gasteiger partial charge in [0.25, 0.3) is 0 Å². The molecule has 0 bridgehead atoms. The fraction of sp³-hybridized carbons (Fsp3) is 0.429. The van der Waals surface area contributed by atoms with Gasteiger partial charge in [0.1, 0.15) is 17.1 Å². The number of nitrogens with one attached hydrogen (secondary N) is 1. The third kappa shape index (κ3) is 4.98. The SMILES string of the molecule is COc1ccc2c(c1)OC(C)(C)C[C@@H]2NC(=O)CN(C)Cc1cccnc1. The van der Waals surface area contributed by atoms with Crippen molar-refractivity contribution in [2.45, 2.75) is 38.5 Å². The lowest BCUT2D eigenvalue weighted by Crippen LogP contribution is -2.43. The van der Waals surface area contributed by atoms with Gasteiger partial charge < -0.3 is 14.8 Å². The summed E-state index contributed by atoms with van der Waals surface area (Å²) in [6.45, 7) is 5.05. The van der Waals surface area contributed by atoms with Crippen LogP contribution in [0.25, 0.3) is 0 Å². The van der Waals surface area contributed by atoms with E-state index in [4.69, 9.17) is 9.47 Å². The molecule has 1 N–H and O–H groups in total. The summed E-state index contributed by atoms with van der Waals surface area (Å²) in [5, 5.41) is 3.17. The largest absolute Gasteiger partial charge is 0.497 e. The molecule has 0 spiro atoms. The van der Waals surface area contributed by atoms with Crippen molar-refractivity contribution < 1.29 is 14.3 Å². The van der Waals surface area contributed by atoms with E-state index >= 15 is 0 Å². The second kappa shape index (κ2) is 7.96. The predicted molar refractivity (Wildman–Crippen MR) is 104 cm³/mol. The highest BCUT2D eigenvalue weighted by molar-refractivity contribution is 5.78. The Hall–Kier alpha value is -2.60. The summed E-state index contributed by atoms with van der Waals surface area (Å²) in [6.07, 6.45) is 4.28. The van der Waals surface area contributed by atoms with Gasteiger partial charge in [-0.25, -0.2) is 0 Å². The fourth-order valence-corrected chi connectivity index (χ4v) is 3.43. The molecule has 1 amide bonds. The first-order valence-corrected chi connectivity index (χ1v) is 9.10. The van der Waals surface area contributed by atoms with Gasteiger partial charge in [0.05, 0.1) is 19.7 Å². The number of rotatable bonds is 6. The summed E-state index contributed by atoms with van der Waals surface area (Å²) in [4.78, 5) is 18.7. The second-order valence-corrected chi connectivity index (χ2v) is 7.62. The Morgan fingerprint density at radius 3 is 2.93 bits per heavy atom. The number of hydrogen-bond acceptors (Lipinski definition) is 5. The van der Waals surface area contributed by atoms with Gasteiger partial charge >= 0.3 is 0 Å². The maximum atomic E-state index is 12.6. The van der Waals surface area contributed by atoms with E-state index in [9.17, 15) is 4.79 Å². The molecule has 0 unspecified atom stereocenters. The molecule has 2 heterocycles. The summed E-state index contributed by atoms with van der Waals surface area (Å²) in [5.74, 6) is 1.50. The fourth-order valence-electron chi connectivity index (χ4n) is 3.43. The molecule has 0 saturated carbocycles. The summed E-state index contributed by atoms with van der Waals surface area (Å²) < 4.78 is 11.4. The number of carbonyl (C=O) groups excluding carboxylic acids is 1. The van der Waals surface area contributed by atoms with Crippen LogP contribution in [0.5, 0.6) is 11.5 Å². The zero-order valence-electron chi connectivity index (χ0n) is 16.4. The molecule has 0 saturated heterocycles. The van der Waals surface area contributed by atoms with Crippen molar-refractivity contribution in [2.75, 3.05) is 20.7 Å². The van der Waals surface area contributed by atoms with E-state index in [1.165, 1.54) is 0 Å². The van der Waals surface area contributed by atoms with Crippen LogP contribution in [-0.2, 0) is 11.3 Å². The summed E-state index contributed by atoms with van der Waals surface area (Å²) in [6, 6.07) is 9.56. The van der Waals surface area contributed by atoms with Crippen molar-refractivity contribution in [3.8, 4) is 11.5 Å². The van der Waals surface area contributed by atoms with E-state index in [1.54, 1.807) is 13.3 Å². The molecule has 1 aromatic carbocycles. The highest BCUT2D eigenvalue weighted by Gasteiger charge is 2.34. The van der Waals surface area contributed by atoms with E-state index in [0.29, 0.717) is 19.5 Å². The van der Waals surface area contributed by atoms with Crippen LogP contribution in [0.1, 0.15) is 37.4 Å². The Morgan fingerprint density at radius 2 is 2.22 bits per heavy atom. The van der Waals surface area contributed by atoms with Crippen LogP contribution >= 0.6 is 0 Å². The molecule has 0 radical (unpaired) electrons. The lowest BCUT2D eigenvalue weighted by atomic mass is 9.89. The van der Waals surface area contributed by atoms with Crippen molar-refractivity contribution in [1.82, 2.24) is 15.2 Å². The zero-order valence-corrected chi connectivity index (χ0v) is 16.4. The first kappa shape index (κ1) is 19.2. The lowest BCUT2D eigenvalue weighted by Gasteiger charge is -2.38. The predicted octanol–water partition coefficient (Wildman–Crippen LogP) is 2.94. The number of amides is 1. The minimum atomic E-state index is -0.362. The highest BCUT2D eigenvalue weighted by Crippen LogP contribution is 2.41. The number of ether oxygens (including phenoxy) is 2. The molecule has 27 heavy (non-hydrogen) atoms. The number of methoxy groups -OCH3 is 1. The normalized spacial score (nSPS) is 17.7. The molecule has 144 valence electrons. The molecular formula is C21H27N3O3. The first-order valence-electron chi connectivity index (χ1n) is 9.10. The molecular weight excluding hydrogens is 342 g/mol. The molecule has 1 aliphatic rings. The lowest BCUT2D eigenvalue weighted by molar-refractivity contribution is -0.123. The van der Waals surface area contributed by atoms with E-state index < -0.39 is 0 Å². The minimum absolute atomic E-state index is 0.00846.